The van der Waals surface area contributed by atoms with Gasteiger partial charge in [0.05, 0.1) is 12.6 Å². The van der Waals surface area contributed by atoms with E-state index in [1.807, 2.05) is 12.1 Å². The highest BCUT2D eigenvalue weighted by molar-refractivity contribution is 7.99. The zero-order chi connectivity index (χ0) is 11.1. The molecule has 0 unspecified atom stereocenters. The van der Waals surface area contributed by atoms with Crippen molar-refractivity contribution in [2.24, 2.45) is 5.11 Å². The number of hydrogen-bond donors (Lipinski definition) is 1. The molecule has 0 radical (unpaired) electrons. The van der Waals surface area contributed by atoms with E-state index in [9.17, 15) is 5.11 Å². The number of nitrogens with zero attached hydrogens (tertiary/aromatic N) is 3. The van der Waals surface area contributed by atoms with Crippen molar-refractivity contribution in [1.29, 1.82) is 0 Å². The average Bonchev–Trinajstić information content (AvgIpc) is 2.25. The van der Waals surface area contributed by atoms with Crippen LogP contribution in [0.5, 0.6) is 0 Å². The molecule has 15 heavy (non-hydrogen) atoms. The van der Waals surface area contributed by atoms with E-state index < -0.39 is 6.10 Å². The number of aliphatic hydroxyl groups excluding tert-OH is 1. The summed E-state index contributed by atoms with van der Waals surface area (Å²) in [6.07, 6.45) is -0.610. The maximum absolute atomic E-state index is 9.38. The standard InChI is InChI=1S/C9H10ClN3OS/c10-7-1-3-9(4-2-7)15-6-8(14)5-12-13-11/h1-4,8,14H,5-6H2/t8-/m0/s1. The van der Waals surface area contributed by atoms with Crippen molar-refractivity contribution in [3.05, 3.63) is 39.7 Å². The lowest BCUT2D eigenvalue weighted by molar-refractivity contribution is 0.208. The van der Waals surface area contributed by atoms with Gasteiger partial charge in [0.2, 0.25) is 0 Å². The van der Waals surface area contributed by atoms with Crippen molar-refractivity contribution < 1.29 is 5.11 Å². The van der Waals surface area contributed by atoms with E-state index in [1.165, 1.54) is 11.8 Å². The number of thioether (sulfide) groups is 1. The average molecular weight is 244 g/mol. The highest BCUT2D eigenvalue weighted by atomic mass is 35.5. The molecule has 0 saturated heterocycles. The quantitative estimate of drug-likeness (QED) is 0.374. The van der Waals surface area contributed by atoms with Gasteiger partial charge in [0.25, 0.3) is 0 Å². The maximum Gasteiger partial charge on any atom is 0.0690 e. The van der Waals surface area contributed by atoms with Gasteiger partial charge in [-0.1, -0.05) is 16.7 Å². The molecular weight excluding hydrogens is 234 g/mol. The molecule has 0 aliphatic heterocycles. The van der Waals surface area contributed by atoms with Gasteiger partial charge in [-0.2, -0.15) is 0 Å². The number of aliphatic hydroxyl groups is 1. The zero-order valence-electron chi connectivity index (χ0n) is 7.88. The molecule has 0 saturated carbocycles. The Morgan fingerprint density at radius 1 is 1.47 bits per heavy atom. The van der Waals surface area contributed by atoms with Crippen LogP contribution in [0.3, 0.4) is 0 Å². The van der Waals surface area contributed by atoms with E-state index in [-0.39, 0.29) is 6.54 Å². The molecule has 0 bridgehead atoms. The minimum absolute atomic E-state index is 0.108. The molecule has 1 N–H and O–H groups in total. The van der Waals surface area contributed by atoms with Crippen LogP contribution in [0.15, 0.2) is 34.3 Å². The number of hydrogen-bond acceptors (Lipinski definition) is 3. The highest BCUT2D eigenvalue weighted by Crippen LogP contribution is 2.20. The fourth-order valence-electron chi connectivity index (χ4n) is 0.907. The van der Waals surface area contributed by atoms with Crippen LogP contribution in [0.4, 0.5) is 0 Å². The zero-order valence-corrected chi connectivity index (χ0v) is 9.45. The van der Waals surface area contributed by atoms with Gasteiger partial charge >= 0.3 is 0 Å². The van der Waals surface area contributed by atoms with Crippen LogP contribution in [-0.2, 0) is 0 Å². The van der Waals surface area contributed by atoms with Crippen molar-refractivity contribution >= 4 is 23.4 Å². The van der Waals surface area contributed by atoms with Gasteiger partial charge in [-0.3, -0.25) is 0 Å². The van der Waals surface area contributed by atoms with Gasteiger partial charge in [-0.05, 0) is 29.8 Å². The molecule has 0 heterocycles. The lowest BCUT2D eigenvalue weighted by Crippen LogP contribution is -2.13. The Morgan fingerprint density at radius 3 is 2.73 bits per heavy atom. The summed E-state index contributed by atoms with van der Waals surface area (Å²) in [6, 6.07) is 7.36. The molecule has 0 aliphatic rings. The summed E-state index contributed by atoms with van der Waals surface area (Å²) in [6.45, 7) is 0.108. The van der Waals surface area contributed by atoms with E-state index in [4.69, 9.17) is 17.1 Å². The molecule has 4 nitrogen and oxygen atoms in total. The molecular formula is C9H10ClN3OS. The molecule has 80 valence electrons. The largest absolute Gasteiger partial charge is 0.392 e. The Balaban J connectivity index is 2.36. The van der Waals surface area contributed by atoms with E-state index in [0.717, 1.165) is 4.90 Å². The first-order chi connectivity index (χ1) is 7.22. The van der Waals surface area contributed by atoms with Gasteiger partial charge in [0.15, 0.2) is 0 Å². The van der Waals surface area contributed by atoms with Crippen molar-refractivity contribution in [2.45, 2.75) is 11.0 Å². The van der Waals surface area contributed by atoms with Gasteiger partial charge < -0.3 is 5.11 Å². The van der Waals surface area contributed by atoms with Gasteiger partial charge in [-0.25, -0.2) is 0 Å². The van der Waals surface area contributed by atoms with Crippen LogP contribution in [0.25, 0.3) is 10.4 Å². The van der Waals surface area contributed by atoms with E-state index in [1.54, 1.807) is 12.1 Å². The minimum atomic E-state index is -0.610. The lowest BCUT2D eigenvalue weighted by atomic mass is 10.4. The fourth-order valence-corrected chi connectivity index (χ4v) is 1.85. The molecule has 0 aliphatic carbocycles. The second-order valence-corrected chi connectivity index (χ2v) is 4.36. The molecule has 1 atom stereocenters. The van der Waals surface area contributed by atoms with E-state index in [2.05, 4.69) is 10.0 Å². The van der Waals surface area contributed by atoms with Crippen LogP contribution in [-0.4, -0.2) is 23.5 Å². The molecule has 1 rings (SSSR count). The van der Waals surface area contributed by atoms with Gasteiger partial charge in [0.1, 0.15) is 0 Å². The summed E-state index contributed by atoms with van der Waals surface area (Å²) in [7, 11) is 0. The normalized spacial score (nSPS) is 11.9. The second kappa shape index (κ2) is 6.58. The predicted octanol–water partition coefficient (Wildman–Crippen LogP) is 3.10. The first-order valence-electron chi connectivity index (χ1n) is 4.29. The van der Waals surface area contributed by atoms with Crippen LogP contribution in [0.1, 0.15) is 0 Å². The SMILES string of the molecule is [N-]=[N+]=NC[C@H](O)CSc1ccc(Cl)cc1. The third-order valence-electron chi connectivity index (χ3n) is 1.61. The van der Waals surface area contributed by atoms with Crippen LogP contribution in [0.2, 0.25) is 5.02 Å². The minimum Gasteiger partial charge on any atom is -0.392 e. The third kappa shape index (κ3) is 4.95. The van der Waals surface area contributed by atoms with Crippen LogP contribution < -0.4 is 0 Å². The summed E-state index contributed by atoms with van der Waals surface area (Å²) in [5, 5.41) is 13.4. The fraction of sp³-hybridized carbons (Fsp3) is 0.333. The van der Waals surface area contributed by atoms with Crippen molar-refractivity contribution in [3.63, 3.8) is 0 Å². The number of rotatable bonds is 5. The Morgan fingerprint density at radius 2 is 2.13 bits per heavy atom. The molecule has 0 fully saturated rings. The number of azide groups is 1. The molecule has 6 heteroatoms. The van der Waals surface area contributed by atoms with Crippen LogP contribution >= 0.6 is 23.4 Å². The summed E-state index contributed by atoms with van der Waals surface area (Å²) >= 11 is 7.22. The predicted molar refractivity (Wildman–Crippen MR) is 62.2 cm³/mol. The van der Waals surface area contributed by atoms with Crippen LogP contribution in [0, 0.1) is 0 Å². The Labute approximate surface area is 96.9 Å². The summed E-state index contributed by atoms with van der Waals surface area (Å²) in [5.74, 6) is 0.501. The van der Waals surface area contributed by atoms with Gasteiger partial charge in [0, 0.05) is 20.6 Å². The van der Waals surface area contributed by atoms with Crippen molar-refractivity contribution in [3.8, 4) is 0 Å². The lowest BCUT2D eigenvalue weighted by Gasteiger charge is -2.06. The monoisotopic (exact) mass is 243 g/mol. The molecule has 0 spiro atoms. The highest BCUT2D eigenvalue weighted by Gasteiger charge is 2.03. The molecule has 0 amide bonds. The van der Waals surface area contributed by atoms with E-state index >= 15 is 0 Å². The topological polar surface area (TPSA) is 69.0 Å². The molecule has 1 aromatic carbocycles. The maximum atomic E-state index is 9.38. The Bertz CT molecular complexity index is 351. The number of benzene rings is 1. The summed E-state index contributed by atoms with van der Waals surface area (Å²) < 4.78 is 0. The summed E-state index contributed by atoms with van der Waals surface area (Å²) in [5.41, 5.74) is 8.06. The second-order valence-electron chi connectivity index (χ2n) is 2.83. The summed E-state index contributed by atoms with van der Waals surface area (Å²) in [4.78, 5) is 3.61. The van der Waals surface area contributed by atoms with Gasteiger partial charge in [-0.15, -0.1) is 11.8 Å². The first-order valence-corrected chi connectivity index (χ1v) is 5.66. The first kappa shape index (κ1) is 12.2. The molecule has 0 aromatic heterocycles. The molecule has 1 aromatic rings. The smallest absolute Gasteiger partial charge is 0.0690 e. The number of halogens is 1. The van der Waals surface area contributed by atoms with Crippen molar-refractivity contribution in [2.75, 3.05) is 12.3 Å². The Kier molecular flexibility index (Phi) is 5.36. The van der Waals surface area contributed by atoms with Crippen molar-refractivity contribution in [1.82, 2.24) is 0 Å². The van der Waals surface area contributed by atoms with E-state index in [0.29, 0.717) is 10.8 Å². The third-order valence-corrected chi connectivity index (χ3v) is 3.02. The Hall–Kier alpha value is -0.870.